The van der Waals surface area contributed by atoms with Gasteiger partial charge in [0.05, 0.1) is 5.38 Å². The Kier molecular flexibility index (Phi) is 4.73. The molecule has 1 heterocycles. The highest BCUT2D eigenvalue weighted by Crippen LogP contribution is 2.36. The first-order chi connectivity index (χ1) is 9.87. The molecule has 2 nitrogen and oxygen atoms in total. The van der Waals surface area contributed by atoms with Crippen LogP contribution in [0.5, 0.6) is 5.75 Å². The molecular weight excluding hydrogens is 303 g/mol. The molecule has 0 fully saturated rings. The third kappa shape index (κ3) is 4.36. The Morgan fingerprint density at radius 1 is 1.00 bits per heavy atom. The van der Waals surface area contributed by atoms with E-state index >= 15 is 0 Å². The Hall–Kier alpha value is -1.75. The number of ether oxygens (including phenoxy) is 1. The number of rotatable bonds is 4. The smallest absolute Gasteiger partial charge is 0.406 e. The Morgan fingerprint density at radius 2 is 1.57 bits per heavy atom. The first kappa shape index (κ1) is 15.6. The second-order valence-electron chi connectivity index (χ2n) is 4.59. The lowest BCUT2D eigenvalue weighted by atomic mass is 9.94. The second-order valence-corrected chi connectivity index (χ2v) is 5.06. The molecule has 2 aromatic rings. The first-order valence-corrected chi connectivity index (χ1v) is 6.70. The van der Waals surface area contributed by atoms with Crippen molar-refractivity contribution >= 4 is 11.6 Å². The summed E-state index contributed by atoms with van der Waals surface area (Å²) < 4.78 is 40.1. The van der Waals surface area contributed by atoms with E-state index in [1.807, 2.05) is 19.1 Å². The van der Waals surface area contributed by atoms with Gasteiger partial charge < -0.3 is 4.74 Å². The zero-order valence-corrected chi connectivity index (χ0v) is 11.9. The van der Waals surface area contributed by atoms with E-state index in [9.17, 15) is 13.2 Å². The molecule has 2 rings (SSSR count). The third-order valence-corrected chi connectivity index (χ3v) is 3.73. The topological polar surface area (TPSA) is 22.1 Å². The van der Waals surface area contributed by atoms with Gasteiger partial charge in [-0.15, -0.1) is 24.8 Å². The highest BCUT2D eigenvalue weighted by Gasteiger charge is 2.31. The molecule has 112 valence electrons. The Bertz CT molecular complexity index is 572. The van der Waals surface area contributed by atoms with E-state index in [1.54, 1.807) is 12.4 Å². The van der Waals surface area contributed by atoms with Crippen molar-refractivity contribution in [3.63, 3.8) is 0 Å². The van der Waals surface area contributed by atoms with Gasteiger partial charge in [-0.25, -0.2) is 0 Å². The standard InChI is InChI=1S/C15H13ClF3NO/c1-10(11-6-8-20-9-7-11)14(16)12-2-4-13(5-3-12)21-15(17,18)19/h2-10,14H,1H3. The lowest BCUT2D eigenvalue weighted by molar-refractivity contribution is -0.274. The summed E-state index contributed by atoms with van der Waals surface area (Å²) in [6, 6.07) is 9.32. The Labute approximate surface area is 125 Å². The maximum atomic E-state index is 12.1. The first-order valence-electron chi connectivity index (χ1n) is 6.26. The number of hydrogen-bond donors (Lipinski definition) is 0. The van der Waals surface area contributed by atoms with Gasteiger partial charge in [0.2, 0.25) is 0 Å². The zero-order chi connectivity index (χ0) is 15.5. The van der Waals surface area contributed by atoms with Crippen molar-refractivity contribution in [2.24, 2.45) is 0 Å². The number of pyridine rings is 1. The predicted molar refractivity (Wildman–Crippen MR) is 74.4 cm³/mol. The molecule has 0 amide bonds. The SMILES string of the molecule is CC(c1ccncc1)C(Cl)c1ccc(OC(F)(F)F)cc1. The quantitative estimate of drug-likeness (QED) is 0.735. The average molecular weight is 316 g/mol. The van der Waals surface area contributed by atoms with E-state index in [1.165, 1.54) is 24.3 Å². The summed E-state index contributed by atoms with van der Waals surface area (Å²) in [6.45, 7) is 1.95. The van der Waals surface area contributed by atoms with Crippen molar-refractivity contribution in [2.45, 2.75) is 24.6 Å². The highest BCUT2D eigenvalue weighted by molar-refractivity contribution is 6.21. The van der Waals surface area contributed by atoms with Gasteiger partial charge in [-0.1, -0.05) is 19.1 Å². The van der Waals surface area contributed by atoms with Gasteiger partial charge in [0.1, 0.15) is 5.75 Å². The van der Waals surface area contributed by atoms with E-state index in [0.29, 0.717) is 0 Å². The van der Waals surface area contributed by atoms with Gasteiger partial charge in [-0.2, -0.15) is 0 Å². The summed E-state index contributed by atoms with van der Waals surface area (Å²) in [4.78, 5) is 3.94. The zero-order valence-electron chi connectivity index (χ0n) is 11.1. The molecule has 0 spiro atoms. The molecule has 0 N–H and O–H groups in total. The maximum Gasteiger partial charge on any atom is 0.573 e. The molecule has 1 aromatic heterocycles. The molecule has 0 aliphatic heterocycles. The summed E-state index contributed by atoms with van der Waals surface area (Å²) in [5.74, 6) is -0.254. The van der Waals surface area contributed by atoms with E-state index in [0.717, 1.165) is 11.1 Å². The van der Waals surface area contributed by atoms with Crippen LogP contribution in [0.25, 0.3) is 0 Å². The number of halogens is 4. The number of hydrogen-bond acceptors (Lipinski definition) is 2. The van der Waals surface area contributed by atoms with Crippen LogP contribution in [0.15, 0.2) is 48.8 Å². The summed E-state index contributed by atoms with van der Waals surface area (Å²) in [5, 5.41) is -0.354. The molecule has 21 heavy (non-hydrogen) atoms. The van der Waals surface area contributed by atoms with Crippen LogP contribution in [0.4, 0.5) is 13.2 Å². The molecule has 0 aliphatic rings. The molecule has 0 bridgehead atoms. The van der Waals surface area contributed by atoms with Crippen LogP contribution in [-0.4, -0.2) is 11.3 Å². The minimum atomic E-state index is -4.69. The summed E-state index contributed by atoms with van der Waals surface area (Å²) in [6.07, 6.45) is -1.34. The van der Waals surface area contributed by atoms with Crippen LogP contribution < -0.4 is 4.74 Å². The van der Waals surface area contributed by atoms with Gasteiger partial charge >= 0.3 is 6.36 Å². The van der Waals surface area contributed by atoms with Gasteiger partial charge in [0.15, 0.2) is 0 Å². The number of benzene rings is 1. The lowest BCUT2D eigenvalue weighted by Gasteiger charge is -2.19. The van der Waals surface area contributed by atoms with Crippen molar-refractivity contribution in [1.29, 1.82) is 0 Å². The number of alkyl halides is 4. The van der Waals surface area contributed by atoms with Crippen molar-refractivity contribution < 1.29 is 17.9 Å². The minimum absolute atomic E-state index is 0.00375. The van der Waals surface area contributed by atoms with E-state index < -0.39 is 6.36 Å². The third-order valence-electron chi connectivity index (χ3n) is 3.10. The molecule has 0 aliphatic carbocycles. The van der Waals surface area contributed by atoms with Crippen LogP contribution in [0.2, 0.25) is 0 Å². The van der Waals surface area contributed by atoms with Crippen molar-refractivity contribution in [3.8, 4) is 5.75 Å². The van der Waals surface area contributed by atoms with E-state index in [-0.39, 0.29) is 17.0 Å². The van der Waals surface area contributed by atoms with Crippen molar-refractivity contribution in [2.75, 3.05) is 0 Å². The predicted octanol–water partition coefficient (Wildman–Crippen LogP) is 5.06. The van der Waals surface area contributed by atoms with Crippen LogP contribution in [-0.2, 0) is 0 Å². The molecule has 1 aromatic carbocycles. The Balaban J connectivity index is 2.11. The summed E-state index contributed by atoms with van der Waals surface area (Å²) in [7, 11) is 0. The maximum absolute atomic E-state index is 12.1. The number of nitrogens with zero attached hydrogens (tertiary/aromatic N) is 1. The largest absolute Gasteiger partial charge is 0.573 e. The Morgan fingerprint density at radius 3 is 2.10 bits per heavy atom. The molecule has 6 heteroatoms. The second kappa shape index (κ2) is 6.35. The van der Waals surface area contributed by atoms with Gasteiger partial charge in [-0.05, 0) is 35.4 Å². The fraction of sp³-hybridized carbons (Fsp3) is 0.267. The molecule has 2 unspecified atom stereocenters. The molecule has 2 atom stereocenters. The molecule has 0 radical (unpaired) electrons. The molecular formula is C15H13ClF3NO. The lowest BCUT2D eigenvalue weighted by Crippen LogP contribution is -2.17. The summed E-state index contributed by atoms with van der Waals surface area (Å²) in [5.41, 5.74) is 1.75. The highest BCUT2D eigenvalue weighted by atomic mass is 35.5. The van der Waals surface area contributed by atoms with Gasteiger partial charge in [0, 0.05) is 18.3 Å². The van der Waals surface area contributed by atoms with Crippen LogP contribution in [0, 0.1) is 0 Å². The van der Waals surface area contributed by atoms with Crippen LogP contribution in [0.3, 0.4) is 0 Å². The molecule has 0 saturated carbocycles. The monoisotopic (exact) mass is 315 g/mol. The van der Waals surface area contributed by atoms with E-state index in [4.69, 9.17) is 11.6 Å². The van der Waals surface area contributed by atoms with E-state index in [2.05, 4.69) is 9.72 Å². The fourth-order valence-corrected chi connectivity index (χ4v) is 2.27. The van der Waals surface area contributed by atoms with Crippen molar-refractivity contribution in [3.05, 3.63) is 59.9 Å². The summed E-state index contributed by atoms with van der Waals surface area (Å²) >= 11 is 6.39. The van der Waals surface area contributed by atoms with Gasteiger partial charge in [-0.3, -0.25) is 4.98 Å². The fourth-order valence-electron chi connectivity index (χ4n) is 1.98. The molecule has 0 saturated heterocycles. The minimum Gasteiger partial charge on any atom is -0.406 e. The normalized spacial score (nSPS) is 14.5. The van der Waals surface area contributed by atoms with Crippen molar-refractivity contribution in [1.82, 2.24) is 4.98 Å². The average Bonchev–Trinajstić information content (AvgIpc) is 2.46. The van der Waals surface area contributed by atoms with Crippen LogP contribution in [0.1, 0.15) is 29.3 Å². The van der Waals surface area contributed by atoms with Gasteiger partial charge in [0.25, 0.3) is 0 Å². The number of aromatic nitrogens is 1. The van der Waals surface area contributed by atoms with Crippen LogP contribution >= 0.6 is 11.6 Å².